The van der Waals surface area contributed by atoms with Crippen LogP contribution in [0.2, 0.25) is 0 Å². The number of aliphatic carboxylic acids is 1. The zero-order chi connectivity index (χ0) is 16.1. The van der Waals surface area contributed by atoms with Gasteiger partial charge in [0.25, 0.3) is 0 Å². The number of methoxy groups -OCH3 is 2. The quantitative estimate of drug-likeness (QED) is 0.862. The highest BCUT2D eigenvalue weighted by Gasteiger charge is 2.29. The molecule has 0 radical (unpaired) electrons. The Hall–Kier alpha value is -2.48. The van der Waals surface area contributed by atoms with Gasteiger partial charge in [0.05, 0.1) is 33.1 Å². The molecule has 0 aliphatic carbocycles. The Balaban J connectivity index is 2.09. The summed E-state index contributed by atoms with van der Waals surface area (Å²) in [5.74, 6) is -0.0323. The first-order valence-corrected chi connectivity index (χ1v) is 6.67. The van der Waals surface area contributed by atoms with Crippen molar-refractivity contribution in [3.05, 3.63) is 18.2 Å². The molecular formula is C14H18N2O6. The summed E-state index contributed by atoms with van der Waals surface area (Å²) in [6.07, 6.45) is -1.01. The van der Waals surface area contributed by atoms with Gasteiger partial charge in [-0.1, -0.05) is 0 Å². The molecule has 0 unspecified atom stereocenters. The summed E-state index contributed by atoms with van der Waals surface area (Å²) in [5, 5.41) is 11.7. The van der Waals surface area contributed by atoms with Crippen LogP contribution in [0.1, 0.15) is 0 Å². The van der Waals surface area contributed by atoms with Crippen molar-refractivity contribution in [2.45, 2.75) is 6.10 Å². The highest BCUT2D eigenvalue weighted by Crippen LogP contribution is 2.29. The Kier molecular flexibility index (Phi) is 5.05. The Morgan fingerprint density at radius 3 is 2.77 bits per heavy atom. The van der Waals surface area contributed by atoms with Crippen molar-refractivity contribution < 1.29 is 28.9 Å². The zero-order valence-corrected chi connectivity index (χ0v) is 12.4. The van der Waals surface area contributed by atoms with E-state index in [1.165, 1.54) is 19.1 Å². The lowest BCUT2D eigenvalue weighted by atomic mass is 10.2. The first-order chi connectivity index (χ1) is 10.5. The number of carboxylic acids is 1. The summed E-state index contributed by atoms with van der Waals surface area (Å²) < 4.78 is 15.4. The van der Waals surface area contributed by atoms with Gasteiger partial charge < -0.3 is 29.5 Å². The second kappa shape index (κ2) is 6.99. The van der Waals surface area contributed by atoms with Crippen molar-refractivity contribution in [3.63, 3.8) is 0 Å². The molecule has 0 aromatic heterocycles. The maximum atomic E-state index is 12.3. The van der Waals surface area contributed by atoms with Crippen LogP contribution in [0, 0.1) is 0 Å². The number of benzene rings is 1. The number of morpholine rings is 1. The minimum absolute atomic E-state index is 0.00650. The lowest BCUT2D eigenvalue weighted by Crippen LogP contribution is -2.49. The lowest BCUT2D eigenvalue weighted by Gasteiger charge is -2.31. The molecule has 120 valence electrons. The monoisotopic (exact) mass is 310 g/mol. The summed E-state index contributed by atoms with van der Waals surface area (Å²) in [4.78, 5) is 24.6. The molecule has 1 aromatic rings. The van der Waals surface area contributed by atoms with Gasteiger partial charge in [-0.3, -0.25) is 0 Å². The molecule has 0 spiro atoms. The Morgan fingerprint density at radius 2 is 2.14 bits per heavy atom. The first-order valence-electron chi connectivity index (χ1n) is 6.67. The largest absolute Gasteiger partial charge is 0.497 e. The molecule has 1 heterocycles. The second-order valence-electron chi connectivity index (χ2n) is 4.64. The number of urea groups is 1. The number of hydrogen-bond acceptors (Lipinski definition) is 5. The van der Waals surface area contributed by atoms with E-state index < -0.39 is 18.1 Å². The number of carbonyl (C=O) groups is 2. The number of ether oxygens (including phenoxy) is 3. The normalized spacial score (nSPS) is 17.7. The molecule has 8 nitrogen and oxygen atoms in total. The van der Waals surface area contributed by atoms with E-state index in [2.05, 4.69) is 5.32 Å². The van der Waals surface area contributed by atoms with Crippen LogP contribution in [0.4, 0.5) is 10.5 Å². The molecule has 1 aliphatic rings. The standard InChI is InChI=1S/C14H18N2O6/c1-20-9-3-4-11(21-2)10(7-9)15-14(19)16-5-6-22-12(8-16)13(17)18/h3-4,7,12H,5-6,8H2,1-2H3,(H,15,19)(H,17,18)/t12-/m0/s1. The molecule has 1 fully saturated rings. The minimum Gasteiger partial charge on any atom is -0.497 e. The van der Waals surface area contributed by atoms with E-state index in [0.29, 0.717) is 23.7 Å². The van der Waals surface area contributed by atoms with Crippen molar-refractivity contribution in [1.82, 2.24) is 4.90 Å². The number of carboxylic acid groups (broad SMARTS) is 1. The maximum Gasteiger partial charge on any atom is 0.334 e. The Morgan fingerprint density at radius 1 is 1.36 bits per heavy atom. The predicted octanol–water partition coefficient (Wildman–Crippen LogP) is 1.02. The molecule has 2 rings (SSSR count). The molecule has 1 aromatic carbocycles. The van der Waals surface area contributed by atoms with Gasteiger partial charge in [-0.25, -0.2) is 9.59 Å². The summed E-state index contributed by atoms with van der Waals surface area (Å²) >= 11 is 0. The topological polar surface area (TPSA) is 97.3 Å². The molecule has 0 saturated carbocycles. The van der Waals surface area contributed by atoms with Crippen LogP contribution in [0.5, 0.6) is 11.5 Å². The van der Waals surface area contributed by atoms with Crippen LogP contribution >= 0.6 is 0 Å². The Labute approximate surface area is 127 Å². The summed E-state index contributed by atoms with van der Waals surface area (Å²) in [5.41, 5.74) is 0.449. The van der Waals surface area contributed by atoms with Crippen molar-refractivity contribution in [1.29, 1.82) is 0 Å². The SMILES string of the molecule is COc1ccc(OC)c(NC(=O)N2CCO[C@H](C(=O)O)C2)c1. The van der Waals surface area contributed by atoms with Gasteiger partial charge >= 0.3 is 12.0 Å². The number of anilines is 1. The van der Waals surface area contributed by atoms with E-state index in [9.17, 15) is 9.59 Å². The van der Waals surface area contributed by atoms with Crippen molar-refractivity contribution in [3.8, 4) is 11.5 Å². The molecular weight excluding hydrogens is 292 g/mol. The molecule has 22 heavy (non-hydrogen) atoms. The van der Waals surface area contributed by atoms with Gasteiger partial charge in [-0.05, 0) is 12.1 Å². The number of amides is 2. The molecule has 8 heteroatoms. The first kappa shape index (κ1) is 15.9. The predicted molar refractivity (Wildman–Crippen MR) is 77.5 cm³/mol. The van der Waals surface area contributed by atoms with Crippen molar-refractivity contribution in [2.24, 2.45) is 0 Å². The van der Waals surface area contributed by atoms with Crippen LogP contribution in [0.15, 0.2) is 18.2 Å². The van der Waals surface area contributed by atoms with Crippen LogP contribution < -0.4 is 14.8 Å². The van der Waals surface area contributed by atoms with Crippen LogP contribution in [-0.2, 0) is 9.53 Å². The smallest absolute Gasteiger partial charge is 0.334 e. The molecule has 2 amide bonds. The van der Waals surface area contributed by atoms with Gasteiger partial charge in [0.1, 0.15) is 11.5 Å². The van der Waals surface area contributed by atoms with Crippen LogP contribution in [0.3, 0.4) is 0 Å². The summed E-state index contributed by atoms with van der Waals surface area (Å²) in [6.45, 7) is 0.495. The van der Waals surface area contributed by atoms with E-state index in [1.807, 2.05) is 0 Å². The molecule has 1 atom stereocenters. The fourth-order valence-corrected chi connectivity index (χ4v) is 2.09. The third-order valence-electron chi connectivity index (χ3n) is 3.28. The van der Waals surface area contributed by atoms with Gasteiger partial charge in [-0.2, -0.15) is 0 Å². The third kappa shape index (κ3) is 3.59. The number of nitrogens with zero attached hydrogens (tertiary/aromatic N) is 1. The number of carbonyl (C=O) groups excluding carboxylic acids is 1. The summed E-state index contributed by atoms with van der Waals surface area (Å²) in [6, 6.07) is 4.60. The van der Waals surface area contributed by atoms with E-state index >= 15 is 0 Å². The van der Waals surface area contributed by atoms with Crippen molar-refractivity contribution in [2.75, 3.05) is 39.2 Å². The molecule has 2 N–H and O–H groups in total. The lowest BCUT2D eigenvalue weighted by molar-refractivity contribution is -0.154. The van der Waals surface area contributed by atoms with Gasteiger partial charge in [0.15, 0.2) is 6.10 Å². The van der Waals surface area contributed by atoms with E-state index in [4.69, 9.17) is 19.3 Å². The zero-order valence-electron chi connectivity index (χ0n) is 12.4. The van der Waals surface area contributed by atoms with Crippen molar-refractivity contribution >= 4 is 17.7 Å². The van der Waals surface area contributed by atoms with Crippen LogP contribution in [-0.4, -0.2) is 62.0 Å². The van der Waals surface area contributed by atoms with Crippen LogP contribution in [0.25, 0.3) is 0 Å². The Bertz CT molecular complexity index is 562. The minimum atomic E-state index is -1.09. The molecule has 1 saturated heterocycles. The number of nitrogens with one attached hydrogen (secondary N) is 1. The van der Waals surface area contributed by atoms with Gasteiger partial charge in [-0.15, -0.1) is 0 Å². The van der Waals surface area contributed by atoms with E-state index in [-0.39, 0.29) is 13.2 Å². The van der Waals surface area contributed by atoms with Gasteiger partial charge in [0, 0.05) is 12.6 Å². The van der Waals surface area contributed by atoms with Gasteiger partial charge in [0.2, 0.25) is 0 Å². The summed E-state index contributed by atoms with van der Waals surface area (Å²) in [7, 11) is 3.01. The number of rotatable bonds is 4. The second-order valence-corrected chi connectivity index (χ2v) is 4.64. The molecule has 1 aliphatic heterocycles. The fourth-order valence-electron chi connectivity index (χ4n) is 2.09. The molecule has 0 bridgehead atoms. The average Bonchev–Trinajstić information content (AvgIpc) is 2.54. The highest BCUT2D eigenvalue weighted by molar-refractivity contribution is 5.91. The maximum absolute atomic E-state index is 12.3. The average molecular weight is 310 g/mol. The van der Waals surface area contributed by atoms with E-state index in [1.54, 1.807) is 18.2 Å². The fraction of sp³-hybridized carbons (Fsp3) is 0.429. The third-order valence-corrected chi connectivity index (χ3v) is 3.28. The highest BCUT2D eigenvalue weighted by atomic mass is 16.5. The number of hydrogen-bond donors (Lipinski definition) is 2. The van der Waals surface area contributed by atoms with E-state index in [0.717, 1.165) is 0 Å².